The van der Waals surface area contributed by atoms with E-state index >= 15 is 0 Å². The van der Waals surface area contributed by atoms with Crippen LogP contribution in [0.3, 0.4) is 0 Å². The van der Waals surface area contributed by atoms with Crippen molar-refractivity contribution in [3.63, 3.8) is 0 Å². The minimum Gasteiger partial charge on any atom is -0.351 e. The molecule has 7 heteroatoms. The molecule has 0 saturated carbocycles. The number of carbonyl (C=O) groups is 3. The fourth-order valence-electron chi connectivity index (χ4n) is 3.58. The highest BCUT2D eigenvalue weighted by Crippen LogP contribution is 2.11. The fraction of sp³-hybridized carbons (Fsp3) is 0.348. The summed E-state index contributed by atoms with van der Waals surface area (Å²) in [5.41, 5.74) is 2.34. The molecule has 1 heterocycles. The molecule has 2 aromatic rings. The van der Waals surface area contributed by atoms with E-state index in [-0.39, 0.29) is 23.8 Å². The third-order valence-electron chi connectivity index (χ3n) is 5.00. The molecule has 1 atom stereocenters. The van der Waals surface area contributed by atoms with E-state index in [1.165, 1.54) is 12.5 Å². The van der Waals surface area contributed by atoms with Gasteiger partial charge in [0, 0.05) is 36.9 Å². The number of Topliss-reactive ketones (excluding diaryl/α,β-unsaturated/α-hetero) is 1. The molecule has 3 rings (SSSR count). The summed E-state index contributed by atoms with van der Waals surface area (Å²) in [6.07, 6.45) is 1.55. The van der Waals surface area contributed by atoms with Crippen LogP contribution in [0, 0.1) is 0 Å². The summed E-state index contributed by atoms with van der Waals surface area (Å²) in [4.78, 5) is 37.7. The SMILES string of the molecule is CC(=O)c1cccc(NC(=O)NCCCN2CC(=O)N[C@@H](Cc3ccccc3)C2)c1. The van der Waals surface area contributed by atoms with E-state index in [2.05, 4.69) is 33.0 Å². The normalized spacial score (nSPS) is 16.6. The Bertz CT molecular complexity index is 885. The summed E-state index contributed by atoms with van der Waals surface area (Å²) < 4.78 is 0. The molecule has 3 N–H and O–H groups in total. The number of urea groups is 1. The number of rotatable bonds is 8. The molecule has 30 heavy (non-hydrogen) atoms. The molecular weight excluding hydrogens is 380 g/mol. The van der Waals surface area contributed by atoms with Crippen molar-refractivity contribution in [2.45, 2.75) is 25.8 Å². The van der Waals surface area contributed by atoms with Crippen molar-refractivity contribution in [2.24, 2.45) is 0 Å². The van der Waals surface area contributed by atoms with Crippen molar-refractivity contribution in [1.29, 1.82) is 0 Å². The monoisotopic (exact) mass is 408 g/mol. The van der Waals surface area contributed by atoms with Gasteiger partial charge in [-0.25, -0.2) is 4.79 Å². The number of nitrogens with one attached hydrogen (secondary N) is 3. The van der Waals surface area contributed by atoms with Crippen molar-refractivity contribution < 1.29 is 14.4 Å². The summed E-state index contributed by atoms with van der Waals surface area (Å²) in [6, 6.07) is 16.8. The number of piperazine rings is 1. The Kier molecular flexibility index (Phi) is 7.57. The highest BCUT2D eigenvalue weighted by atomic mass is 16.2. The Morgan fingerprint density at radius 1 is 1.13 bits per heavy atom. The zero-order valence-electron chi connectivity index (χ0n) is 17.2. The van der Waals surface area contributed by atoms with Gasteiger partial charge in [-0.2, -0.15) is 0 Å². The predicted molar refractivity (Wildman–Crippen MR) is 117 cm³/mol. The lowest BCUT2D eigenvalue weighted by Gasteiger charge is -2.33. The van der Waals surface area contributed by atoms with Gasteiger partial charge in [0.2, 0.25) is 5.91 Å². The van der Waals surface area contributed by atoms with Crippen LogP contribution in [-0.4, -0.2) is 54.8 Å². The van der Waals surface area contributed by atoms with Crippen LogP contribution < -0.4 is 16.0 Å². The maximum absolute atomic E-state index is 12.1. The fourth-order valence-corrected chi connectivity index (χ4v) is 3.58. The van der Waals surface area contributed by atoms with Gasteiger partial charge in [0.25, 0.3) is 0 Å². The van der Waals surface area contributed by atoms with Crippen molar-refractivity contribution in [2.75, 3.05) is 31.5 Å². The van der Waals surface area contributed by atoms with E-state index in [1.807, 2.05) is 18.2 Å². The van der Waals surface area contributed by atoms with E-state index in [4.69, 9.17) is 0 Å². The van der Waals surface area contributed by atoms with Gasteiger partial charge in [-0.3, -0.25) is 14.5 Å². The van der Waals surface area contributed by atoms with Crippen LogP contribution >= 0.6 is 0 Å². The van der Waals surface area contributed by atoms with Crippen LogP contribution in [0.15, 0.2) is 54.6 Å². The lowest BCUT2D eigenvalue weighted by atomic mass is 10.0. The molecule has 1 fully saturated rings. The van der Waals surface area contributed by atoms with Crippen LogP contribution in [0.4, 0.5) is 10.5 Å². The molecule has 2 aromatic carbocycles. The van der Waals surface area contributed by atoms with Crippen LogP contribution in [0.1, 0.15) is 29.3 Å². The molecule has 0 aliphatic carbocycles. The lowest BCUT2D eigenvalue weighted by molar-refractivity contribution is -0.125. The highest BCUT2D eigenvalue weighted by Gasteiger charge is 2.24. The average Bonchev–Trinajstić information content (AvgIpc) is 2.72. The van der Waals surface area contributed by atoms with Crippen molar-refractivity contribution in [3.8, 4) is 0 Å². The largest absolute Gasteiger partial charge is 0.351 e. The predicted octanol–water partition coefficient (Wildman–Crippen LogP) is 2.44. The number of anilines is 1. The summed E-state index contributed by atoms with van der Waals surface area (Å²) in [7, 11) is 0. The minimum absolute atomic E-state index is 0.0400. The first kappa shape index (κ1) is 21.5. The molecule has 7 nitrogen and oxygen atoms in total. The summed E-state index contributed by atoms with van der Waals surface area (Å²) >= 11 is 0. The van der Waals surface area contributed by atoms with Crippen molar-refractivity contribution in [3.05, 3.63) is 65.7 Å². The van der Waals surface area contributed by atoms with Gasteiger partial charge in [0.1, 0.15) is 0 Å². The summed E-state index contributed by atoms with van der Waals surface area (Å²) in [6.45, 7) is 3.91. The first-order valence-electron chi connectivity index (χ1n) is 10.2. The number of ketones is 1. The van der Waals surface area contributed by atoms with Crippen LogP contribution in [0.25, 0.3) is 0 Å². The van der Waals surface area contributed by atoms with Crippen LogP contribution in [0.2, 0.25) is 0 Å². The second kappa shape index (κ2) is 10.5. The molecule has 0 bridgehead atoms. The number of nitrogens with zero attached hydrogens (tertiary/aromatic N) is 1. The molecular formula is C23H28N4O3. The summed E-state index contributed by atoms with van der Waals surface area (Å²) in [5, 5.41) is 8.62. The number of amides is 3. The van der Waals surface area contributed by atoms with E-state index in [0.29, 0.717) is 24.3 Å². The van der Waals surface area contributed by atoms with Crippen LogP contribution in [0.5, 0.6) is 0 Å². The second-order valence-electron chi connectivity index (χ2n) is 7.56. The first-order valence-corrected chi connectivity index (χ1v) is 10.2. The summed E-state index contributed by atoms with van der Waals surface area (Å²) in [5.74, 6) is -0.00608. The molecule has 1 saturated heterocycles. The molecule has 0 spiro atoms. The number of hydrogen-bond acceptors (Lipinski definition) is 4. The third-order valence-corrected chi connectivity index (χ3v) is 5.00. The molecule has 3 amide bonds. The Morgan fingerprint density at radius 3 is 2.70 bits per heavy atom. The van der Waals surface area contributed by atoms with E-state index in [9.17, 15) is 14.4 Å². The molecule has 0 radical (unpaired) electrons. The Morgan fingerprint density at radius 2 is 1.93 bits per heavy atom. The minimum atomic E-state index is -0.311. The molecule has 0 unspecified atom stereocenters. The van der Waals surface area contributed by atoms with Gasteiger partial charge in [0.05, 0.1) is 6.54 Å². The standard InChI is InChI=1S/C23H28N4O3/c1-17(28)19-9-5-10-20(14-19)26-23(30)24-11-6-12-27-15-21(25-22(29)16-27)13-18-7-3-2-4-8-18/h2-5,7-10,14,21H,6,11-13,15-16H2,1H3,(H,25,29)(H2,24,26,30)/t21-/m0/s1. The molecule has 158 valence electrons. The first-order chi connectivity index (χ1) is 14.5. The van der Waals surface area contributed by atoms with Crippen molar-refractivity contribution in [1.82, 2.24) is 15.5 Å². The highest BCUT2D eigenvalue weighted by molar-refractivity contribution is 5.96. The zero-order chi connectivity index (χ0) is 21.3. The Hall–Kier alpha value is -3.19. The molecule has 1 aliphatic rings. The smallest absolute Gasteiger partial charge is 0.319 e. The van der Waals surface area contributed by atoms with E-state index in [0.717, 1.165) is 25.9 Å². The number of carbonyl (C=O) groups excluding carboxylic acids is 3. The second-order valence-corrected chi connectivity index (χ2v) is 7.56. The molecule has 0 aromatic heterocycles. The van der Waals surface area contributed by atoms with Crippen LogP contribution in [-0.2, 0) is 11.2 Å². The number of benzene rings is 2. The van der Waals surface area contributed by atoms with Gasteiger partial charge >= 0.3 is 6.03 Å². The van der Waals surface area contributed by atoms with Gasteiger partial charge in [-0.15, -0.1) is 0 Å². The van der Waals surface area contributed by atoms with Gasteiger partial charge in [-0.1, -0.05) is 42.5 Å². The van der Waals surface area contributed by atoms with Crippen molar-refractivity contribution >= 4 is 23.4 Å². The van der Waals surface area contributed by atoms with E-state index < -0.39 is 0 Å². The Labute approximate surface area is 176 Å². The number of hydrogen-bond donors (Lipinski definition) is 3. The molecule has 1 aliphatic heterocycles. The van der Waals surface area contributed by atoms with Gasteiger partial charge in [-0.05, 0) is 37.5 Å². The maximum Gasteiger partial charge on any atom is 0.319 e. The topological polar surface area (TPSA) is 90.5 Å². The van der Waals surface area contributed by atoms with Gasteiger partial charge < -0.3 is 16.0 Å². The third kappa shape index (κ3) is 6.70. The van der Waals surface area contributed by atoms with Gasteiger partial charge in [0.15, 0.2) is 5.78 Å². The Balaban J connectivity index is 1.39. The average molecular weight is 409 g/mol. The maximum atomic E-state index is 12.1. The zero-order valence-corrected chi connectivity index (χ0v) is 17.2. The quantitative estimate of drug-likeness (QED) is 0.462. The van der Waals surface area contributed by atoms with E-state index in [1.54, 1.807) is 24.3 Å². The lowest BCUT2D eigenvalue weighted by Crippen LogP contribution is -2.55.